The van der Waals surface area contributed by atoms with Crippen LogP contribution in [0.25, 0.3) is 27.9 Å². The minimum absolute atomic E-state index is 0.480. The molecule has 0 atom stereocenters. The molecule has 2 aromatic carbocycles. The first-order chi connectivity index (χ1) is 16.7. The zero-order valence-electron chi connectivity index (χ0n) is 19.2. The highest BCUT2D eigenvalue weighted by Crippen LogP contribution is 2.33. The Morgan fingerprint density at radius 1 is 1.00 bits per heavy atom. The van der Waals surface area contributed by atoms with Crippen molar-refractivity contribution >= 4 is 39.4 Å². The number of hydrogen-bond donors (Lipinski definition) is 2. The fourth-order valence-electron chi connectivity index (χ4n) is 4.46. The second-order valence-corrected chi connectivity index (χ2v) is 8.51. The highest BCUT2D eigenvalue weighted by atomic mass is 16.5. The molecule has 5 aromatic rings. The first kappa shape index (κ1) is 20.5. The maximum Gasteiger partial charge on any atom is 0.231 e. The molecule has 1 aliphatic heterocycles. The monoisotopic (exact) mass is 454 g/mol. The minimum Gasteiger partial charge on any atom is -0.494 e. The SMILES string of the molecule is COc1cc(N2CCN(C)CC2)ccc1Nc1nc(-n2cnc3ccccc32)c2cc[nH]c2n1. The number of benzene rings is 2. The predicted octanol–water partition coefficient (Wildman–Crippen LogP) is 3.80. The molecule has 0 amide bonds. The maximum atomic E-state index is 5.72. The van der Waals surface area contributed by atoms with E-state index in [2.05, 4.69) is 44.3 Å². The van der Waals surface area contributed by atoms with Crippen LogP contribution in [-0.2, 0) is 0 Å². The average Bonchev–Trinajstić information content (AvgIpc) is 3.51. The van der Waals surface area contributed by atoms with Crippen LogP contribution in [0.3, 0.4) is 0 Å². The molecule has 1 fully saturated rings. The van der Waals surface area contributed by atoms with Gasteiger partial charge in [0.25, 0.3) is 0 Å². The number of piperazine rings is 1. The van der Waals surface area contributed by atoms with Crippen LogP contribution in [0.5, 0.6) is 5.75 Å². The highest BCUT2D eigenvalue weighted by molar-refractivity contribution is 5.88. The molecule has 1 aliphatic rings. The number of methoxy groups -OCH3 is 1. The fraction of sp³-hybridized carbons (Fsp3) is 0.240. The first-order valence-corrected chi connectivity index (χ1v) is 11.4. The molecule has 1 saturated heterocycles. The Morgan fingerprint density at radius 3 is 2.71 bits per heavy atom. The van der Waals surface area contributed by atoms with Gasteiger partial charge in [-0.1, -0.05) is 12.1 Å². The highest BCUT2D eigenvalue weighted by Gasteiger charge is 2.18. The number of nitrogens with one attached hydrogen (secondary N) is 2. The summed E-state index contributed by atoms with van der Waals surface area (Å²) in [5.74, 6) is 1.99. The van der Waals surface area contributed by atoms with E-state index in [1.807, 2.05) is 47.2 Å². The summed E-state index contributed by atoms with van der Waals surface area (Å²) < 4.78 is 7.72. The van der Waals surface area contributed by atoms with Gasteiger partial charge < -0.3 is 24.8 Å². The molecule has 0 aliphatic carbocycles. The van der Waals surface area contributed by atoms with E-state index in [-0.39, 0.29) is 0 Å². The topological polar surface area (TPSA) is 87.1 Å². The zero-order valence-corrected chi connectivity index (χ0v) is 19.2. The van der Waals surface area contributed by atoms with Crippen LogP contribution in [0.2, 0.25) is 0 Å². The molecule has 0 bridgehead atoms. The lowest BCUT2D eigenvalue weighted by molar-refractivity contribution is 0.312. The number of anilines is 3. The third-order valence-electron chi connectivity index (χ3n) is 6.38. The first-order valence-electron chi connectivity index (χ1n) is 11.4. The lowest BCUT2D eigenvalue weighted by Gasteiger charge is -2.34. The van der Waals surface area contributed by atoms with Gasteiger partial charge in [-0.25, -0.2) is 4.98 Å². The summed E-state index contributed by atoms with van der Waals surface area (Å²) in [6.45, 7) is 4.11. The van der Waals surface area contributed by atoms with E-state index in [0.717, 1.165) is 71.2 Å². The molecule has 34 heavy (non-hydrogen) atoms. The van der Waals surface area contributed by atoms with Gasteiger partial charge in [-0.2, -0.15) is 9.97 Å². The molecule has 172 valence electrons. The summed E-state index contributed by atoms with van der Waals surface area (Å²) in [6, 6.07) is 16.2. The Balaban J connectivity index is 1.36. The molecule has 0 radical (unpaired) electrons. The Bertz CT molecular complexity index is 1460. The van der Waals surface area contributed by atoms with Gasteiger partial charge in [-0.15, -0.1) is 0 Å². The molecule has 6 rings (SSSR count). The molecule has 0 spiro atoms. The standard InChI is InChI=1S/C25H26N8O/c1-31-11-13-32(14-12-31)17-7-8-20(22(15-17)34-2)28-25-29-23-18(9-10-26-23)24(30-25)33-16-27-19-5-3-4-6-21(19)33/h3-10,15-16H,11-14H2,1-2H3,(H2,26,28,29,30). The molecule has 0 unspecified atom stereocenters. The number of hydrogen-bond acceptors (Lipinski definition) is 7. The van der Waals surface area contributed by atoms with Crippen LogP contribution < -0.4 is 15.0 Å². The van der Waals surface area contributed by atoms with Crippen LogP contribution >= 0.6 is 0 Å². The van der Waals surface area contributed by atoms with Gasteiger partial charge in [0.1, 0.15) is 17.7 Å². The van der Waals surface area contributed by atoms with E-state index in [9.17, 15) is 0 Å². The van der Waals surface area contributed by atoms with Gasteiger partial charge in [0.2, 0.25) is 5.95 Å². The number of rotatable bonds is 5. The number of fused-ring (bicyclic) bond motifs is 2. The van der Waals surface area contributed by atoms with Gasteiger partial charge in [0.05, 0.1) is 29.2 Å². The normalized spacial score (nSPS) is 14.7. The molecule has 2 N–H and O–H groups in total. The lowest BCUT2D eigenvalue weighted by atomic mass is 10.2. The Kier molecular flexibility index (Phi) is 5.03. The van der Waals surface area contributed by atoms with Gasteiger partial charge in [-0.3, -0.25) is 4.57 Å². The van der Waals surface area contributed by atoms with Crippen molar-refractivity contribution in [1.29, 1.82) is 0 Å². The molecule has 9 heteroatoms. The lowest BCUT2D eigenvalue weighted by Crippen LogP contribution is -2.44. The van der Waals surface area contributed by atoms with Crippen LogP contribution in [0, 0.1) is 0 Å². The minimum atomic E-state index is 0.480. The third kappa shape index (κ3) is 3.60. The molecular weight excluding hydrogens is 428 g/mol. The largest absolute Gasteiger partial charge is 0.494 e. The number of para-hydroxylation sites is 2. The van der Waals surface area contributed by atoms with Crippen molar-refractivity contribution in [1.82, 2.24) is 29.4 Å². The van der Waals surface area contributed by atoms with Gasteiger partial charge in [0, 0.05) is 44.1 Å². The molecule has 3 aromatic heterocycles. The van der Waals surface area contributed by atoms with Crippen molar-refractivity contribution in [3.8, 4) is 11.6 Å². The smallest absolute Gasteiger partial charge is 0.231 e. The number of imidazole rings is 1. The van der Waals surface area contributed by atoms with Crippen molar-refractivity contribution in [2.24, 2.45) is 0 Å². The summed E-state index contributed by atoms with van der Waals surface area (Å²) in [5.41, 5.74) is 4.62. The quantitative estimate of drug-likeness (QED) is 0.418. The maximum absolute atomic E-state index is 5.72. The van der Waals surface area contributed by atoms with E-state index < -0.39 is 0 Å². The number of H-pyrrole nitrogens is 1. The summed E-state index contributed by atoms with van der Waals surface area (Å²) in [5, 5.41) is 4.29. The Labute approximate surface area is 197 Å². The van der Waals surface area contributed by atoms with Crippen molar-refractivity contribution < 1.29 is 4.74 Å². The van der Waals surface area contributed by atoms with Gasteiger partial charge in [0.15, 0.2) is 5.82 Å². The number of ether oxygens (including phenoxy) is 1. The van der Waals surface area contributed by atoms with E-state index in [1.165, 1.54) is 0 Å². The number of nitrogens with zero attached hydrogens (tertiary/aromatic N) is 6. The number of likely N-dealkylation sites (N-methyl/N-ethyl adjacent to an activating group) is 1. The molecule has 0 saturated carbocycles. The van der Waals surface area contributed by atoms with E-state index in [0.29, 0.717) is 5.95 Å². The van der Waals surface area contributed by atoms with Crippen LogP contribution in [-0.4, -0.2) is 69.7 Å². The zero-order chi connectivity index (χ0) is 23.1. The number of aromatic nitrogens is 5. The summed E-state index contributed by atoms with van der Waals surface area (Å²) in [6.07, 6.45) is 3.67. The summed E-state index contributed by atoms with van der Waals surface area (Å²) >= 11 is 0. The Morgan fingerprint density at radius 2 is 1.85 bits per heavy atom. The van der Waals surface area contributed by atoms with Crippen LogP contribution in [0.1, 0.15) is 0 Å². The van der Waals surface area contributed by atoms with Crippen LogP contribution in [0.15, 0.2) is 61.1 Å². The summed E-state index contributed by atoms with van der Waals surface area (Å²) in [7, 11) is 3.85. The van der Waals surface area contributed by atoms with Gasteiger partial charge >= 0.3 is 0 Å². The molecule has 9 nitrogen and oxygen atoms in total. The number of aromatic amines is 1. The average molecular weight is 455 g/mol. The predicted molar refractivity (Wildman–Crippen MR) is 135 cm³/mol. The Hall–Kier alpha value is -4.11. The van der Waals surface area contributed by atoms with E-state index in [4.69, 9.17) is 14.7 Å². The van der Waals surface area contributed by atoms with Crippen molar-refractivity contribution in [2.45, 2.75) is 0 Å². The van der Waals surface area contributed by atoms with Crippen molar-refractivity contribution in [3.05, 3.63) is 61.1 Å². The second kappa shape index (κ2) is 8.35. The van der Waals surface area contributed by atoms with E-state index >= 15 is 0 Å². The second-order valence-electron chi connectivity index (χ2n) is 8.51. The molecular formula is C25H26N8O. The summed E-state index contributed by atoms with van der Waals surface area (Å²) in [4.78, 5) is 22.0. The van der Waals surface area contributed by atoms with Gasteiger partial charge in [-0.05, 0) is 37.4 Å². The fourth-order valence-corrected chi connectivity index (χ4v) is 4.46. The van der Waals surface area contributed by atoms with Crippen molar-refractivity contribution in [3.63, 3.8) is 0 Å². The molecule has 4 heterocycles. The van der Waals surface area contributed by atoms with Crippen LogP contribution in [0.4, 0.5) is 17.3 Å². The van der Waals surface area contributed by atoms with Crippen molar-refractivity contribution in [2.75, 3.05) is 50.6 Å². The third-order valence-corrected chi connectivity index (χ3v) is 6.38. The van der Waals surface area contributed by atoms with E-state index in [1.54, 1.807) is 13.4 Å².